The number of nitriles is 1. The summed E-state index contributed by atoms with van der Waals surface area (Å²) in [6.07, 6.45) is 3.15. The summed E-state index contributed by atoms with van der Waals surface area (Å²) in [5.41, 5.74) is 1.53. The lowest BCUT2D eigenvalue weighted by molar-refractivity contribution is -0.117. The van der Waals surface area contributed by atoms with Crippen LogP contribution < -0.4 is 10.1 Å². The van der Waals surface area contributed by atoms with Gasteiger partial charge in [0.15, 0.2) is 0 Å². The van der Waals surface area contributed by atoms with Crippen molar-refractivity contribution >= 4 is 27.9 Å². The van der Waals surface area contributed by atoms with E-state index in [-0.39, 0.29) is 11.6 Å². The highest BCUT2D eigenvalue weighted by molar-refractivity contribution is 9.10. The lowest BCUT2D eigenvalue weighted by Crippen LogP contribution is -2.29. The van der Waals surface area contributed by atoms with Gasteiger partial charge in [0.2, 0.25) is 0 Å². The molecular weight excluding hydrogens is 394 g/mol. The second-order valence-corrected chi connectivity index (χ2v) is 6.46. The molecule has 26 heavy (non-hydrogen) atoms. The topological polar surface area (TPSA) is 75.0 Å². The Labute approximate surface area is 161 Å². The fourth-order valence-corrected chi connectivity index (χ4v) is 2.84. The van der Waals surface area contributed by atoms with Gasteiger partial charge in [-0.25, -0.2) is 4.98 Å². The SMILES string of the molecule is CCCC(NC(=O)/C(C#N)=C/c1cccc(Br)n1)c1ccc(OC)cc1. The Morgan fingerprint density at radius 3 is 2.65 bits per heavy atom. The molecule has 1 atom stereocenters. The number of ether oxygens (including phenoxy) is 1. The number of carbonyl (C=O) groups is 1. The zero-order valence-corrected chi connectivity index (χ0v) is 16.3. The lowest BCUT2D eigenvalue weighted by Gasteiger charge is -2.18. The first-order valence-corrected chi connectivity index (χ1v) is 9.05. The van der Waals surface area contributed by atoms with Gasteiger partial charge in [0.05, 0.1) is 18.8 Å². The quantitative estimate of drug-likeness (QED) is 0.414. The predicted octanol–water partition coefficient (Wildman–Crippen LogP) is 4.42. The summed E-state index contributed by atoms with van der Waals surface area (Å²) >= 11 is 3.28. The molecule has 134 valence electrons. The smallest absolute Gasteiger partial charge is 0.262 e. The highest BCUT2D eigenvalue weighted by atomic mass is 79.9. The third-order valence-electron chi connectivity index (χ3n) is 3.79. The maximum absolute atomic E-state index is 12.6. The number of amides is 1. The minimum Gasteiger partial charge on any atom is -0.497 e. The summed E-state index contributed by atoms with van der Waals surface area (Å²) in [6.45, 7) is 2.05. The minimum atomic E-state index is -0.413. The first kappa shape index (κ1) is 19.7. The molecular formula is C20H20BrN3O2. The number of benzene rings is 1. The Hall–Kier alpha value is -2.65. The molecule has 0 aliphatic rings. The van der Waals surface area contributed by atoms with Gasteiger partial charge in [-0.2, -0.15) is 5.26 Å². The molecule has 0 saturated heterocycles. The molecule has 5 nitrogen and oxygen atoms in total. The standard InChI is InChI=1S/C20H20BrN3O2/c1-3-5-18(14-8-10-17(26-2)11-9-14)24-20(25)15(13-22)12-16-6-4-7-19(21)23-16/h4,6-12,18H,3,5H2,1-2H3,(H,24,25)/b15-12+. The first-order valence-electron chi connectivity index (χ1n) is 8.26. The Kier molecular flexibility index (Phi) is 7.37. The second kappa shape index (κ2) is 9.73. The van der Waals surface area contributed by atoms with Gasteiger partial charge in [0.25, 0.3) is 5.91 Å². The van der Waals surface area contributed by atoms with E-state index in [2.05, 4.69) is 33.2 Å². The Balaban J connectivity index is 2.20. The van der Waals surface area contributed by atoms with E-state index in [1.807, 2.05) is 30.3 Å². The maximum Gasteiger partial charge on any atom is 0.262 e. The number of nitrogens with zero attached hydrogens (tertiary/aromatic N) is 2. The van der Waals surface area contributed by atoms with E-state index in [0.717, 1.165) is 24.2 Å². The van der Waals surface area contributed by atoms with Crippen molar-refractivity contribution in [1.29, 1.82) is 5.26 Å². The molecule has 1 heterocycles. The first-order chi connectivity index (χ1) is 12.6. The van der Waals surface area contributed by atoms with Crippen LogP contribution in [0.1, 0.15) is 37.1 Å². The summed E-state index contributed by atoms with van der Waals surface area (Å²) in [5.74, 6) is 0.345. The van der Waals surface area contributed by atoms with Gasteiger partial charge in [0.1, 0.15) is 22.0 Å². The highest BCUT2D eigenvalue weighted by Crippen LogP contribution is 2.22. The van der Waals surface area contributed by atoms with Gasteiger partial charge in [0, 0.05) is 0 Å². The maximum atomic E-state index is 12.6. The van der Waals surface area contributed by atoms with Crippen LogP contribution in [0.2, 0.25) is 0 Å². The minimum absolute atomic E-state index is 0.0187. The molecule has 1 aromatic heterocycles. The second-order valence-electron chi connectivity index (χ2n) is 5.64. The van der Waals surface area contributed by atoms with Crippen molar-refractivity contribution in [3.05, 3.63) is 63.9 Å². The van der Waals surface area contributed by atoms with Crippen molar-refractivity contribution in [2.24, 2.45) is 0 Å². The van der Waals surface area contributed by atoms with Gasteiger partial charge in [-0.15, -0.1) is 0 Å². The van der Waals surface area contributed by atoms with E-state index in [1.165, 1.54) is 6.08 Å². The average Bonchev–Trinajstić information content (AvgIpc) is 2.65. The van der Waals surface area contributed by atoms with Crippen LogP contribution in [0, 0.1) is 11.3 Å². The fraction of sp³-hybridized carbons (Fsp3) is 0.250. The highest BCUT2D eigenvalue weighted by Gasteiger charge is 2.17. The molecule has 1 unspecified atom stereocenters. The number of pyridine rings is 1. The Bertz CT molecular complexity index is 826. The van der Waals surface area contributed by atoms with Crippen LogP contribution in [0.3, 0.4) is 0 Å². The molecule has 0 aliphatic carbocycles. The van der Waals surface area contributed by atoms with Gasteiger partial charge >= 0.3 is 0 Å². The molecule has 1 N–H and O–H groups in total. The number of aromatic nitrogens is 1. The van der Waals surface area contributed by atoms with E-state index in [4.69, 9.17) is 4.74 Å². The van der Waals surface area contributed by atoms with Crippen LogP contribution >= 0.6 is 15.9 Å². The molecule has 6 heteroatoms. The molecule has 1 amide bonds. The molecule has 2 rings (SSSR count). The summed E-state index contributed by atoms with van der Waals surface area (Å²) in [4.78, 5) is 16.8. The number of rotatable bonds is 7. The van der Waals surface area contributed by atoms with Crippen LogP contribution in [-0.4, -0.2) is 18.0 Å². The third kappa shape index (κ3) is 5.43. The largest absolute Gasteiger partial charge is 0.497 e. The summed E-state index contributed by atoms with van der Waals surface area (Å²) in [6, 6.07) is 14.7. The number of halogens is 1. The van der Waals surface area contributed by atoms with E-state index >= 15 is 0 Å². The van der Waals surface area contributed by atoms with E-state index in [1.54, 1.807) is 25.3 Å². The molecule has 2 aromatic rings. The van der Waals surface area contributed by atoms with Crippen LogP contribution in [0.4, 0.5) is 0 Å². The van der Waals surface area contributed by atoms with Crippen LogP contribution in [0.25, 0.3) is 6.08 Å². The average molecular weight is 414 g/mol. The van der Waals surface area contributed by atoms with E-state index in [0.29, 0.717) is 10.3 Å². The van der Waals surface area contributed by atoms with Gasteiger partial charge < -0.3 is 10.1 Å². The van der Waals surface area contributed by atoms with Gasteiger partial charge in [-0.1, -0.05) is 31.5 Å². The van der Waals surface area contributed by atoms with Crippen LogP contribution in [-0.2, 0) is 4.79 Å². The zero-order chi connectivity index (χ0) is 18.9. The van der Waals surface area contributed by atoms with Crippen molar-refractivity contribution in [1.82, 2.24) is 10.3 Å². The lowest BCUT2D eigenvalue weighted by atomic mass is 10.0. The van der Waals surface area contributed by atoms with Crippen molar-refractivity contribution in [2.45, 2.75) is 25.8 Å². The van der Waals surface area contributed by atoms with Crippen LogP contribution in [0.15, 0.2) is 52.6 Å². The number of methoxy groups -OCH3 is 1. The molecule has 1 aromatic carbocycles. The molecule has 0 saturated carbocycles. The number of hydrogen-bond acceptors (Lipinski definition) is 4. The molecule has 0 aliphatic heterocycles. The number of hydrogen-bond donors (Lipinski definition) is 1. The van der Waals surface area contributed by atoms with Crippen molar-refractivity contribution < 1.29 is 9.53 Å². The van der Waals surface area contributed by atoms with Crippen molar-refractivity contribution in [3.8, 4) is 11.8 Å². The van der Waals surface area contributed by atoms with Crippen LogP contribution in [0.5, 0.6) is 5.75 Å². The van der Waals surface area contributed by atoms with E-state index in [9.17, 15) is 10.1 Å². The zero-order valence-electron chi connectivity index (χ0n) is 14.7. The fourth-order valence-electron chi connectivity index (χ4n) is 2.48. The molecule has 0 bridgehead atoms. The normalized spacial score (nSPS) is 12.2. The van der Waals surface area contributed by atoms with Gasteiger partial charge in [-0.05, 0) is 58.3 Å². The molecule has 0 fully saturated rings. The Morgan fingerprint density at radius 2 is 2.08 bits per heavy atom. The third-order valence-corrected chi connectivity index (χ3v) is 4.24. The Morgan fingerprint density at radius 1 is 1.35 bits per heavy atom. The van der Waals surface area contributed by atoms with Crippen molar-refractivity contribution in [2.75, 3.05) is 7.11 Å². The van der Waals surface area contributed by atoms with E-state index < -0.39 is 5.91 Å². The monoisotopic (exact) mass is 413 g/mol. The molecule has 0 spiro atoms. The van der Waals surface area contributed by atoms with Gasteiger partial charge in [-0.3, -0.25) is 4.79 Å². The molecule has 0 radical (unpaired) electrons. The van der Waals surface area contributed by atoms with Crippen molar-refractivity contribution in [3.63, 3.8) is 0 Å². The summed E-state index contributed by atoms with van der Waals surface area (Å²) in [7, 11) is 1.61. The summed E-state index contributed by atoms with van der Waals surface area (Å²) in [5, 5.41) is 12.3. The number of nitrogens with one attached hydrogen (secondary N) is 1. The summed E-state index contributed by atoms with van der Waals surface area (Å²) < 4.78 is 5.82. The number of carbonyl (C=O) groups excluding carboxylic acids is 1. The predicted molar refractivity (Wildman–Crippen MR) is 104 cm³/mol.